The number of hydrogen-bond acceptors (Lipinski definition) is 5. The third-order valence-corrected chi connectivity index (χ3v) is 5.52. The molecule has 0 saturated carbocycles. The van der Waals surface area contributed by atoms with Crippen LogP contribution in [0.3, 0.4) is 0 Å². The van der Waals surface area contributed by atoms with Crippen molar-refractivity contribution in [3.05, 3.63) is 64.4 Å². The zero-order chi connectivity index (χ0) is 18.1. The number of nitrogens with one attached hydrogen (secondary N) is 1. The number of anilines is 1. The number of halogens is 1. The van der Waals surface area contributed by atoms with E-state index in [-0.39, 0.29) is 5.91 Å². The first-order valence-electron chi connectivity index (χ1n) is 8.03. The van der Waals surface area contributed by atoms with Crippen molar-refractivity contribution in [3.8, 4) is 10.6 Å². The maximum atomic E-state index is 12.4. The van der Waals surface area contributed by atoms with Crippen LogP contribution in [0.2, 0.25) is 0 Å². The molecular weight excluding hydrogens is 414 g/mol. The van der Waals surface area contributed by atoms with Gasteiger partial charge >= 0.3 is 0 Å². The smallest absolute Gasteiger partial charge is 0.256 e. The maximum absolute atomic E-state index is 12.4. The molecule has 0 aliphatic rings. The molecule has 6 nitrogen and oxygen atoms in total. The van der Waals surface area contributed by atoms with Crippen LogP contribution in [-0.2, 0) is 6.42 Å². The minimum Gasteiger partial charge on any atom is -0.322 e. The second kappa shape index (κ2) is 6.97. The molecule has 130 valence electrons. The van der Waals surface area contributed by atoms with E-state index in [2.05, 4.69) is 36.5 Å². The van der Waals surface area contributed by atoms with Gasteiger partial charge in [-0.2, -0.15) is 9.61 Å². The van der Waals surface area contributed by atoms with Crippen molar-refractivity contribution in [1.29, 1.82) is 0 Å². The van der Waals surface area contributed by atoms with Crippen molar-refractivity contribution < 1.29 is 4.79 Å². The van der Waals surface area contributed by atoms with E-state index in [9.17, 15) is 4.79 Å². The first-order valence-corrected chi connectivity index (χ1v) is 9.64. The highest BCUT2D eigenvalue weighted by molar-refractivity contribution is 9.10. The highest BCUT2D eigenvalue weighted by Crippen LogP contribution is 2.27. The molecule has 4 aromatic rings. The number of aryl methyl sites for hydroxylation is 1. The quantitative estimate of drug-likeness (QED) is 0.522. The van der Waals surface area contributed by atoms with Gasteiger partial charge in [0.2, 0.25) is 4.96 Å². The van der Waals surface area contributed by atoms with Gasteiger partial charge in [-0.3, -0.25) is 4.79 Å². The summed E-state index contributed by atoms with van der Waals surface area (Å²) in [5, 5.41) is 16.6. The van der Waals surface area contributed by atoms with Gasteiger partial charge in [-0.25, -0.2) is 0 Å². The van der Waals surface area contributed by atoms with Gasteiger partial charge in [0.1, 0.15) is 5.01 Å². The fourth-order valence-corrected chi connectivity index (χ4v) is 3.86. The van der Waals surface area contributed by atoms with E-state index in [4.69, 9.17) is 0 Å². The Balaban J connectivity index is 1.55. The Morgan fingerprint density at radius 2 is 1.92 bits per heavy atom. The first-order chi connectivity index (χ1) is 12.7. The van der Waals surface area contributed by atoms with Gasteiger partial charge in [0.25, 0.3) is 5.91 Å². The van der Waals surface area contributed by atoms with Gasteiger partial charge in [0.05, 0.1) is 5.56 Å². The molecule has 2 aromatic carbocycles. The van der Waals surface area contributed by atoms with Crippen molar-refractivity contribution in [3.63, 3.8) is 0 Å². The Bertz CT molecular complexity index is 1090. The van der Waals surface area contributed by atoms with Crippen molar-refractivity contribution >= 4 is 43.8 Å². The van der Waals surface area contributed by atoms with Gasteiger partial charge in [-0.15, -0.1) is 10.2 Å². The van der Waals surface area contributed by atoms with E-state index in [1.807, 2.05) is 49.4 Å². The van der Waals surface area contributed by atoms with Crippen LogP contribution in [0.15, 0.2) is 53.0 Å². The summed E-state index contributed by atoms with van der Waals surface area (Å²) in [7, 11) is 0. The van der Waals surface area contributed by atoms with Crippen LogP contribution in [0.4, 0.5) is 5.69 Å². The molecule has 0 bridgehead atoms. The summed E-state index contributed by atoms with van der Waals surface area (Å²) in [6.07, 6.45) is 0.782. The number of carbonyl (C=O) groups excluding carboxylic acids is 1. The molecule has 2 aromatic heterocycles. The molecule has 0 fully saturated rings. The Labute approximate surface area is 162 Å². The highest BCUT2D eigenvalue weighted by Gasteiger charge is 2.13. The largest absolute Gasteiger partial charge is 0.322 e. The topological polar surface area (TPSA) is 72.2 Å². The van der Waals surface area contributed by atoms with Gasteiger partial charge < -0.3 is 5.32 Å². The van der Waals surface area contributed by atoms with Crippen LogP contribution >= 0.6 is 27.3 Å². The first kappa shape index (κ1) is 16.9. The molecule has 0 unspecified atom stereocenters. The molecule has 1 amide bonds. The van der Waals surface area contributed by atoms with Gasteiger partial charge in [0, 0.05) is 22.1 Å². The van der Waals surface area contributed by atoms with Gasteiger partial charge in [-0.05, 0) is 52.3 Å². The molecule has 1 N–H and O–H groups in total. The lowest BCUT2D eigenvalue weighted by Gasteiger charge is -2.07. The molecule has 0 saturated heterocycles. The molecule has 0 aliphatic heterocycles. The molecule has 0 atom stereocenters. The van der Waals surface area contributed by atoms with Crippen LogP contribution < -0.4 is 5.32 Å². The van der Waals surface area contributed by atoms with E-state index in [1.165, 1.54) is 11.3 Å². The molecule has 2 heterocycles. The molecule has 0 radical (unpaired) electrons. The number of hydrogen-bond donors (Lipinski definition) is 1. The van der Waals surface area contributed by atoms with Crippen LogP contribution in [-0.4, -0.2) is 25.7 Å². The molecule has 26 heavy (non-hydrogen) atoms. The zero-order valence-corrected chi connectivity index (χ0v) is 16.2. The lowest BCUT2D eigenvalue weighted by atomic mass is 10.2. The van der Waals surface area contributed by atoms with Crippen molar-refractivity contribution in [2.45, 2.75) is 13.3 Å². The molecular formula is C18H14BrN5OS. The standard InChI is InChI=1S/C18H14BrN5OS/c1-2-15-21-22-18-24(15)23-17(26-18)11-7-9-12(10-8-11)20-16(25)13-5-3-4-6-14(13)19/h3-10H,2H2,1H3,(H,20,25). The Morgan fingerprint density at radius 1 is 1.15 bits per heavy atom. The van der Waals surface area contributed by atoms with Crippen LogP contribution in [0.5, 0.6) is 0 Å². The van der Waals surface area contributed by atoms with Crippen LogP contribution in [0.1, 0.15) is 23.1 Å². The number of benzene rings is 2. The number of fused-ring (bicyclic) bond motifs is 1. The highest BCUT2D eigenvalue weighted by atomic mass is 79.9. The third kappa shape index (κ3) is 3.13. The van der Waals surface area contributed by atoms with Gasteiger partial charge in [0.15, 0.2) is 5.82 Å². The molecule has 0 aliphatic carbocycles. The van der Waals surface area contributed by atoms with E-state index in [1.54, 1.807) is 10.6 Å². The van der Waals surface area contributed by atoms with Crippen LogP contribution in [0.25, 0.3) is 15.5 Å². The molecule has 0 spiro atoms. The van der Waals surface area contributed by atoms with Gasteiger partial charge in [-0.1, -0.05) is 30.4 Å². The average molecular weight is 428 g/mol. The predicted molar refractivity (Wildman–Crippen MR) is 106 cm³/mol. The Kier molecular flexibility index (Phi) is 4.52. The summed E-state index contributed by atoms with van der Waals surface area (Å²) in [5.41, 5.74) is 2.30. The average Bonchev–Trinajstić information content (AvgIpc) is 3.23. The van der Waals surface area contributed by atoms with Crippen LogP contribution in [0, 0.1) is 0 Å². The third-order valence-electron chi connectivity index (χ3n) is 3.88. The minimum atomic E-state index is -0.156. The SMILES string of the molecule is CCc1nnc2sc(-c3ccc(NC(=O)c4ccccc4Br)cc3)nn12. The fourth-order valence-electron chi connectivity index (χ4n) is 2.53. The Morgan fingerprint density at radius 3 is 2.65 bits per heavy atom. The predicted octanol–water partition coefficient (Wildman–Crippen LogP) is 4.43. The second-order valence-electron chi connectivity index (χ2n) is 5.58. The van der Waals surface area contributed by atoms with E-state index >= 15 is 0 Å². The summed E-state index contributed by atoms with van der Waals surface area (Å²) in [5.74, 6) is 0.691. The van der Waals surface area contributed by atoms with E-state index in [0.717, 1.165) is 37.9 Å². The number of amides is 1. The van der Waals surface area contributed by atoms with E-state index < -0.39 is 0 Å². The van der Waals surface area contributed by atoms with Crippen molar-refractivity contribution in [2.75, 3.05) is 5.32 Å². The number of carbonyl (C=O) groups is 1. The lowest BCUT2D eigenvalue weighted by Crippen LogP contribution is -2.12. The minimum absolute atomic E-state index is 0.156. The number of aromatic nitrogens is 4. The van der Waals surface area contributed by atoms with Crippen molar-refractivity contribution in [1.82, 2.24) is 19.8 Å². The summed E-state index contributed by atoms with van der Waals surface area (Å²) < 4.78 is 2.54. The summed E-state index contributed by atoms with van der Waals surface area (Å²) >= 11 is 4.89. The molecule has 8 heteroatoms. The Hall–Kier alpha value is -2.58. The normalized spacial score (nSPS) is 11.0. The van der Waals surface area contributed by atoms with E-state index in [0.29, 0.717) is 5.56 Å². The summed E-state index contributed by atoms with van der Waals surface area (Å²) in [6.45, 7) is 2.03. The second-order valence-corrected chi connectivity index (χ2v) is 7.39. The monoisotopic (exact) mass is 427 g/mol. The van der Waals surface area contributed by atoms with Crippen molar-refractivity contribution in [2.24, 2.45) is 0 Å². The number of nitrogens with zero attached hydrogens (tertiary/aromatic N) is 4. The lowest BCUT2D eigenvalue weighted by molar-refractivity contribution is 0.102. The summed E-state index contributed by atoms with van der Waals surface area (Å²) in [4.78, 5) is 13.2. The maximum Gasteiger partial charge on any atom is 0.256 e. The molecule has 4 rings (SSSR count). The zero-order valence-electron chi connectivity index (χ0n) is 13.8. The fraction of sp³-hybridized carbons (Fsp3) is 0.111. The summed E-state index contributed by atoms with van der Waals surface area (Å²) in [6, 6.07) is 14.9. The number of rotatable bonds is 4.